The number of rotatable bonds is 7. The fourth-order valence-corrected chi connectivity index (χ4v) is 3.51. The second-order valence-corrected chi connectivity index (χ2v) is 7.39. The van der Waals surface area contributed by atoms with Gasteiger partial charge in [0.15, 0.2) is 0 Å². The maximum atomic E-state index is 12.9. The van der Waals surface area contributed by atoms with Crippen molar-refractivity contribution in [3.63, 3.8) is 0 Å². The number of hydrogen-bond donors (Lipinski definition) is 1. The van der Waals surface area contributed by atoms with Gasteiger partial charge in [0.05, 0.1) is 13.2 Å². The second kappa shape index (κ2) is 9.22. The molecule has 0 radical (unpaired) electrons. The molecule has 1 aromatic carbocycles. The maximum absolute atomic E-state index is 12.9. The number of ether oxygens (including phenoxy) is 3. The first kappa shape index (κ1) is 21.2. The van der Waals surface area contributed by atoms with Gasteiger partial charge in [0.1, 0.15) is 16.9 Å². The fourth-order valence-electron chi connectivity index (χ4n) is 3.51. The van der Waals surface area contributed by atoms with E-state index >= 15 is 0 Å². The highest BCUT2D eigenvalue weighted by Crippen LogP contribution is 2.36. The lowest BCUT2D eigenvalue weighted by molar-refractivity contribution is -0.143. The summed E-state index contributed by atoms with van der Waals surface area (Å²) in [5.74, 6) is 0.198. The largest absolute Gasteiger partial charge is 0.490 e. The lowest BCUT2D eigenvalue weighted by atomic mass is 9.78. The first-order chi connectivity index (χ1) is 12.8. The van der Waals surface area contributed by atoms with E-state index in [1.54, 1.807) is 25.3 Å². The van der Waals surface area contributed by atoms with E-state index in [0.717, 1.165) is 19.3 Å². The Hall–Kier alpha value is -2.08. The predicted octanol–water partition coefficient (Wildman–Crippen LogP) is 4.18. The zero-order valence-electron chi connectivity index (χ0n) is 17.0. The summed E-state index contributed by atoms with van der Waals surface area (Å²) in [6, 6.07) is 5.02. The van der Waals surface area contributed by atoms with Crippen LogP contribution < -0.4 is 10.1 Å². The molecule has 1 aromatic rings. The molecular formula is C21H31NO5. The minimum atomic E-state index is -0.824. The van der Waals surface area contributed by atoms with Crippen molar-refractivity contribution in [3.05, 3.63) is 23.8 Å². The molecule has 1 aliphatic rings. The van der Waals surface area contributed by atoms with Crippen LogP contribution in [0, 0.1) is 5.92 Å². The molecule has 1 aliphatic carbocycles. The van der Waals surface area contributed by atoms with Gasteiger partial charge in [-0.25, -0.2) is 4.79 Å². The summed E-state index contributed by atoms with van der Waals surface area (Å²) in [4.78, 5) is 25.1. The van der Waals surface area contributed by atoms with E-state index in [1.807, 2.05) is 13.8 Å². The molecule has 0 saturated heterocycles. The molecule has 150 valence electrons. The van der Waals surface area contributed by atoms with Gasteiger partial charge >= 0.3 is 5.97 Å². The highest BCUT2D eigenvalue weighted by Gasteiger charge is 2.42. The van der Waals surface area contributed by atoms with Crippen molar-refractivity contribution in [2.45, 2.75) is 64.6 Å². The molecule has 6 nitrogen and oxygen atoms in total. The van der Waals surface area contributed by atoms with E-state index in [9.17, 15) is 9.59 Å². The van der Waals surface area contributed by atoms with Gasteiger partial charge < -0.3 is 19.5 Å². The van der Waals surface area contributed by atoms with E-state index < -0.39 is 11.6 Å². The Labute approximate surface area is 161 Å². The second-order valence-electron chi connectivity index (χ2n) is 7.39. The molecule has 0 bridgehead atoms. The van der Waals surface area contributed by atoms with Crippen LogP contribution in [0.2, 0.25) is 0 Å². The zero-order valence-corrected chi connectivity index (χ0v) is 17.0. The van der Waals surface area contributed by atoms with Gasteiger partial charge in [-0.05, 0) is 56.7 Å². The molecule has 27 heavy (non-hydrogen) atoms. The smallest absolute Gasteiger partial charge is 0.341 e. The number of amides is 1. The van der Waals surface area contributed by atoms with Crippen molar-refractivity contribution < 1.29 is 23.8 Å². The van der Waals surface area contributed by atoms with Crippen LogP contribution in [0.15, 0.2) is 18.2 Å². The fraction of sp³-hybridized carbons (Fsp3) is 0.619. The molecule has 1 saturated carbocycles. The molecule has 1 fully saturated rings. The monoisotopic (exact) mass is 377 g/mol. The molecule has 0 heterocycles. The van der Waals surface area contributed by atoms with Gasteiger partial charge in [0.2, 0.25) is 0 Å². The third kappa shape index (κ3) is 5.01. The minimum absolute atomic E-state index is 0.0330. The van der Waals surface area contributed by atoms with Crippen LogP contribution in [-0.4, -0.2) is 37.8 Å². The third-order valence-electron chi connectivity index (χ3n) is 5.31. The standard InChI is InChI=1S/C21H31NO5/c1-6-15(3)27-18-10-9-16(12-17(18)19(23)25-4)22-20(24)21(26-5)11-7-8-14(2)13-21/h9-10,12,14-15H,6-8,11,13H2,1-5H3,(H,22,24)/t14-,15-,21-/m0/s1. The van der Waals surface area contributed by atoms with Crippen LogP contribution in [0.1, 0.15) is 63.2 Å². The summed E-state index contributed by atoms with van der Waals surface area (Å²) >= 11 is 0. The van der Waals surface area contributed by atoms with Gasteiger partial charge in [0, 0.05) is 12.8 Å². The van der Waals surface area contributed by atoms with Gasteiger partial charge in [-0.2, -0.15) is 0 Å². The van der Waals surface area contributed by atoms with Crippen LogP contribution in [0.3, 0.4) is 0 Å². The quantitative estimate of drug-likeness (QED) is 0.722. The van der Waals surface area contributed by atoms with Crippen molar-refractivity contribution in [3.8, 4) is 5.75 Å². The Kier molecular flexibility index (Phi) is 7.25. The van der Waals surface area contributed by atoms with E-state index in [4.69, 9.17) is 14.2 Å². The average molecular weight is 377 g/mol. The number of anilines is 1. The number of benzene rings is 1. The molecule has 0 unspecified atom stereocenters. The Morgan fingerprint density at radius 3 is 2.67 bits per heavy atom. The zero-order chi connectivity index (χ0) is 20.0. The van der Waals surface area contributed by atoms with E-state index in [1.165, 1.54) is 7.11 Å². The summed E-state index contributed by atoms with van der Waals surface area (Å²) in [7, 11) is 2.91. The lowest BCUT2D eigenvalue weighted by Gasteiger charge is -2.37. The Morgan fingerprint density at radius 2 is 2.07 bits per heavy atom. The molecule has 2 rings (SSSR count). The van der Waals surface area contributed by atoms with E-state index in [-0.39, 0.29) is 12.0 Å². The van der Waals surface area contributed by atoms with Crippen molar-refractivity contribution in [2.75, 3.05) is 19.5 Å². The summed E-state index contributed by atoms with van der Waals surface area (Å²) in [6.45, 7) is 6.08. The molecule has 0 aliphatic heterocycles. The Balaban J connectivity index is 2.25. The van der Waals surface area contributed by atoms with E-state index in [0.29, 0.717) is 35.8 Å². The predicted molar refractivity (Wildman–Crippen MR) is 104 cm³/mol. The molecule has 0 spiro atoms. The van der Waals surface area contributed by atoms with Crippen molar-refractivity contribution in [1.29, 1.82) is 0 Å². The summed E-state index contributed by atoms with van der Waals surface area (Å²) in [6.07, 6.45) is 4.22. The highest BCUT2D eigenvalue weighted by molar-refractivity contribution is 5.99. The summed E-state index contributed by atoms with van der Waals surface area (Å²) in [5.41, 5.74) is -0.0136. The Bertz CT molecular complexity index is 675. The number of methoxy groups -OCH3 is 2. The van der Waals surface area contributed by atoms with E-state index in [2.05, 4.69) is 12.2 Å². The average Bonchev–Trinajstić information content (AvgIpc) is 2.68. The summed E-state index contributed by atoms with van der Waals surface area (Å²) in [5, 5.41) is 2.91. The third-order valence-corrected chi connectivity index (χ3v) is 5.31. The molecule has 3 atom stereocenters. The molecular weight excluding hydrogens is 346 g/mol. The first-order valence-electron chi connectivity index (χ1n) is 9.60. The number of carbonyl (C=O) groups excluding carboxylic acids is 2. The van der Waals surface area contributed by atoms with Gasteiger partial charge in [0.25, 0.3) is 5.91 Å². The van der Waals surface area contributed by atoms with Gasteiger partial charge in [-0.3, -0.25) is 4.79 Å². The lowest BCUT2D eigenvalue weighted by Crippen LogP contribution is -2.47. The number of hydrogen-bond acceptors (Lipinski definition) is 5. The Morgan fingerprint density at radius 1 is 1.33 bits per heavy atom. The van der Waals surface area contributed by atoms with Crippen LogP contribution in [-0.2, 0) is 14.3 Å². The molecule has 6 heteroatoms. The van der Waals surface area contributed by atoms with Crippen LogP contribution >= 0.6 is 0 Å². The summed E-state index contributed by atoms with van der Waals surface area (Å²) < 4.78 is 16.3. The van der Waals surface area contributed by atoms with Crippen molar-refractivity contribution in [2.24, 2.45) is 5.92 Å². The van der Waals surface area contributed by atoms with Crippen LogP contribution in [0.5, 0.6) is 5.75 Å². The van der Waals surface area contributed by atoms with Crippen LogP contribution in [0.4, 0.5) is 5.69 Å². The van der Waals surface area contributed by atoms with Crippen molar-refractivity contribution >= 4 is 17.6 Å². The van der Waals surface area contributed by atoms with Gasteiger partial charge in [-0.15, -0.1) is 0 Å². The highest BCUT2D eigenvalue weighted by atomic mass is 16.5. The number of esters is 1. The molecule has 1 amide bonds. The normalized spacial score (nSPS) is 23.4. The SMILES string of the molecule is CC[C@H](C)Oc1ccc(NC(=O)[C@]2(OC)CCC[C@H](C)C2)cc1C(=O)OC. The maximum Gasteiger partial charge on any atom is 0.341 e. The molecule has 0 aromatic heterocycles. The first-order valence-corrected chi connectivity index (χ1v) is 9.60. The topological polar surface area (TPSA) is 73.9 Å². The number of nitrogens with one attached hydrogen (secondary N) is 1. The minimum Gasteiger partial charge on any atom is -0.490 e. The number of carbonyl (C=O) groups is 2. The molecule has 1 N–H and O–H groups in total. The van der Waals surface area contributed by atoms with Crippen molar-refractivity contribution in [1.82, 2.24) is 0 Å². The van der Waals surface area contributed by atoms with Gasteiger partial charge in [-0.1, -0.05) is 20.3 Å². The van der Waals surface area contributed by atoms with Crippen LogP contribution in [0.25, 0.3) is 0 Å².